The molecular weight excluding hydrogens is 312 g/mol. The van der Waals surface area contributed by atoms with Crippen molar-refractivity contribution in [1.29, 1.82) is 0 Å². The first-order valence-corrected chi connectivity index (χ1v) is 6.64. The fourth-order valence-corrected chi connectivity index (χ4v) is 2.71. The lowest BCUT2D eigenvalue weighted by Gasteiger charge is -2.15. The SMILES string of the molecule is CN(CC(N)=NO)S(=O)(=O)c1cncc(Br)c1. The van der Waals surface area contributed by atoms with Crippen molar-refractivity contribution < 1.29 is 13.6 Å². The maximum absolute atomic E-state index is 12.0. The molecule has 0 aliphatic carbocycles. The monoisotopic (exact) mass is 322 g/mol. The van der Waals surface area contributed by atoms with Crippen LogP contribution in [0.2, 0.25) is 0 Å². The summed E-state index contributed by atoms with van der Waals surface area (Å²) < 4.78 is 25.5. The molecule has 0 atom stereocenters. The largest absolute Gasteiger partial charge is 0.409 e. The summed E-state index contributed by atoms with van der Waals surface area (Å²) in [7, 11) is -2.37. The van der Waals surface area contributed by atoms with Gasteiger partial charge in [-0.1, -0.05) is 5.16 Å². The van der Waals surface area contributed by atoms with Gasteiger partial charge in [0.2, 0.25) is 10.0 Å². The molecule has 0 saturated heterocycles. The van der Waals surface area contributed by atoms with Gasteiger partial charge in [-0.2, -0.15) is 4.31 Å². The zero-order valence-corrected chi connectivity index (χ0v) is 11.3. The molecule has 0 fully saturated rings. The van der Waals surface area contributed by atoms with E-state index in [2.05, 4.69) is 26.1 Å². The van der Waals surface area contributed by atoms with Gasteiger partial charge in [0.1, 0.15) is 4.90 Å². The van der Waals surface area contributed by atoms with Crippen LogP contribution in [0.1, 0.15) is 0 Å². The average molecular weight is 323 g/mol. The molecule has 1 aromatic heterocycles. The Balaban J connectivity index is 3.03. The average Bonchev–Trinajstić information content (AvgIpc) is 2.28. The van der Waals surface area contributed by atoms with Gasteiger partial charge in [-0.05, 0) is 22.0 Å². The van der Waals surface area contributed by atoms with E-state index in [1.807, 2.05) is 0 Å². The van der Waals surface area contributed by atoms with Crippen molar-refractivity contribution in [2.75, 3.05) is 13.6 Å². The molecule has 0 bridgehead atoms. The molecule has 94 valence electrons. The molecule has 1 aromatic rings. The van der Waals surface area contributed by atoms with Gasteiger partial charge in [0.15, 0.2) is 5.84 Å². The van der Waals surface area contributed by atoms with E-state index in [-0.39, 0.29) is 17.3 Å². The molecular formula is C8H11BrN4O3S. The van der Waals surface area contributed by atoms with Crippen LogP contribution >= 0.6 is 15.9 Å². The molecule has 0 aliphatic heterocycles. The molecule has 0 unspecified atom stereocenters. The van der Waals surface area contributed by atoms with Gasteiger partial charge in [0.25, 0.3) is 0 Å². The van der Waals surface area contributed by atoms with E-state index < -0.39 is 10.0 Å². The minimum atomic E-state index is -3.70. The van der Waals surface area contributed by atoms with E-state index in [9.17, 15) is 8.42 Å². The molecule has 0 saturated carbocycles. The Bertz CT molecular complexity index is 531. The lowest BCUT2D eigenvalue weighted by molar-refractivity contribution is 0.315. The van der Waals surface area contributed by atoms with E-state index >= 15 is 0 Å². The van der Waals surface area contributed by atoms with Crippen LogP contribution in [0.4, 0.5) is 0 Å². The fraction of sp³-hybridized carbons (Fsp3) is 0.250. The highest BCUT2D eigenvalue weighted by atomic mass is 79.9. The Hall–Kier alpha value is -1.19. The third-order valence-corrected chi connectivity index (χ3v) is 4.10. The number of pyridine rings is 1. The predicted molar refractivity (Wildman–Crippen MR) is 65.2 cm³/mol. The molecule has 9 heteroatoms. The summed E-state index contributed by atoms with van der Waals surface area (Å²) in [5.41, 5.74) is 5.25. The Morgan fingerprint density at radius 2 is 2.29 bits per heavy atom. The quantitative estimate of drug-likeness (QED) is 0.356. The van der Waals surface area contributed by atoms with Gasteiger partial charge >= 0.3 is 0 Å². The van der Waals surface area contributed by atoms with E-state index in [1.54, 1.807) is 0 Å². The summed E-state index contributed by atoms with van der Waals surface area (Å²) in [5, 5.41) is 11.1. The van der Waals surface area contributed by atoms with Crippen LogP contribution in [-0.2, 0) is 10.0 Å². The lowest BCUT2D eigenvalue weighted by Crippen LogP contribution is -2.35. The number of halogens is 1. The normalized spacial score (nSPS) is 13.0. The van der Waals surface area contributed by atoms with Gasteiger partial charge in [0.05, 0.1) is 6.54 Å². The predicted octanol–water partition coefficient (Wildman–Crippen LogP) is 0.211. The second-order valence-corrected chi connectivity index (χ2v) is 6.15. The molecule has 0 radical (unpaired) electrons. The highest BCUT2D eigenvalue weighted by Crippen LogP contribution is 2.17. The lowest BCUT2D eigenvalue weighted by atomic mass is 10.5. The summed E-state index contributed by atoms with van der Waals surface area (Å²) in [4.78, 5) is 3.80. The van der Waals surface area contributed by atoms with E-state index in [0.29, 0.717) is 4.47 Å². The number of rotatable bonds is 4. The number of aromatic nitrogens is 1. The van der Waals surface area contributed by atoms with Crippen LogP contribution in [0.15, 0.2) is 33.0 Å². The maximum atomic E-state index is 12.0. The van der Waals surface area contributed by atoms with E-state index in [4.69, 9.17) is 10.9 Å². The second kappa shape index (κ2) is 5.43. The van der Waals surface area contributed by atoms with Crippen molar-refractivity contribution in [1.82, 2.24) is 9.29 Å². The van der Waals surface area contributed by atoms with Gasteiger partial charge in [0, 0.05) is 23.9 Å². The number of hydrogen-bond acceptors (Lipinski definition) is 5. The van der Waals surface area contributed by atoms with Crippen LogP contribution in [0.5, 0.6) is 0 Å². The fourth-order valence-electron chi connectivity index (χ4n) is 1.06. The van der Waals surface area contributed by atoms with Crippen molar-refractivity contribution in [3.63, 3.8) is 0 Å². The van der Waals surface area contributed by atoms with E-state index in [1.165, 1.54) is 25.5 Å². The number of oxime groups is 1. The van der Waals surface area contributed by atoms with Crippen LogP contribution in [0, 0.1) is 0 Å². The standard InChI is InChI=1S/C8H11BrN4O3S/c1-13(5-8(10)12-14)17(15,16)7-2-6(9)3-11-4-7/h2-4,14H,5H2,1H3,(H2,10,12). The summed E-state index contributed by atoms with van der Waals surface area (Å²) in [6.45, 7) is -0.203. The highest BCUT2D eigenvalue weighted by Gasteiger charge is 2.22. The van der Waals surface area contributed by atoms with Gasteiger partial charge < -0.3 is 10.9 Å². The van der Waals surface area contributed by atoms with Crippen molar-refractivity contribution in [2.24, 2.45) is 10.9 Å². The third-order valence-electron chi connectivity index (χ3n) is 1.90. The smallest absolute Gasteiger partial charge is 0.244 e. The molecule has 17 heavy (non-hydrogen) atoms. The highest BCUT2D eigenvalue weighted by molar-refractivity contribution is 9.10. The van der Waals surface area contributed by atoms with Crippen molar-refractivity contribution in [2.45, 2.75) is 4.90 Å². The maximum Gasteiger partial charge on any atom is 0.244 e. The molecule has 1 heterocycles. The summed E-state index contributed by atoms with van der Waals surface area (Å²) in [5.74, 6) is -0.195. The van der Waals surface area contributed by atoms with Crippen LogP contribution in [0.3, 0.4) is 0 Å². The number of nitrogens with two attached hydrogens (primary N) is 1. The van der Waals surface area contributed by atoms with Crippen molar-refractivity contribution in [3.05, 3.63) is 22.9 Å². The number of nitrogens with zero attached hydrogens (tertiary/aromatic N) is 3. The minimum absolute atomic E-state index is 0.0279. The number of sulfonamides is 1. The zero-order valence-electron chi connectivity index (χ0n) is 8.91. The number of amidine groups is 1. The minimum Gasteiger partial charge on any atom is -0.409 e. The first kappa shape index (κ1) is 13.9. The molecule has 0 aliphatic rings. The van der Waals surface area contributed by atoms with Crippen molar-refractivity contribution in [3.8, 4) is 0 Å². The first-order chi connectivity index (χ1) is 7.87. The van der Waals surface area contributed by atoms with Crippen LogP contribution in [0.25, 0.3) is 0 Å². The first-order valence-electron chi connectivity index (χ1n) is 4.41. The van der Waals surface area contributed by atoms with Gasteiger partial charge in [-0.15, -0.1) is 0 Å². The summed E-state index contributed by atoms with van der Waals surface area (Å²) >= 11 is 3.13. The number of hydrogen-bond donors (Lipinski definition) is 2. The number of likely N-dealkylation sites (N-methyl/N-ethyl adjacent to an activating group) is 1. The van der Waals surface area contributed by atoms with Crippen molar-refractivity contribution >= 4 is 31.8 Å². The van der Waals surface area contributed by atoms with Crippen LogP contribution in [-0.4, -0.2) is 42.3 Å². The van der Waals surface area contributed by atoms with Crippen LogP contribution < -0.4 is 5.73 Å². The second-order valence-electron chi connectivity index (χ2n) is 3.19. The molecule has 0 amide bonds. The molecule has 3 N–H and O–H groups in total. The Morgan fingerprint density at radius 3 is 2.82 bits per heavy atom. The molecule has 7 nitrogen and oxygen atoms in total. The topological polar surface area (TPSA) is 109 Å². The molecule has 1 rings (SSSR count). The molecule has 0 aromatic carbocycles. The Labute approximate surface area is 107 Å². The third kappa shape index (κ3) is 3.38. The molecule has 0 spiro atoms. The summed E-state index contributed by atoms with van der Waals surface area (Å²) in [6.07, 6.45) is 2.70. The zero-order chi connectivity index (χ0) is 13.1. The van der Waals surface area contributed by atoms with E-state index in [0.717, 1.165) is 4.31 Å². The van der Waals surface area contributed by atoms with Gasteiger partial charge in [-0.25, -0.2) is 8.42 Å². The Kier molecular flexibility index (Phi) is 4.43. The Morgan fingerprint density at radius 1 is 1.65 bits per heavy atom. The van der Waals surface area contributed by atoms with Gasteiger partial charge in [-0.3, -0.25) is 4.98 Å². The summed E-state index contributed by atoms with van der Waals surface area (Å²) in [6, 6.07) is 1.42.